The summed E-state index contributed by atoms with van der Waals surface area (Å²) in [6.45, 7) is 1.50. The van der Waals surface area contributed by atoms with Crippen molar-refractivity contribution in [1.29, 1.82) is 0 Å². The number of nitrogens with one attached hydrogen (secondary N) is 1. The summed E-state index contributed by atoms with van der Waals surface area (Å²) in [6.07, 6.45) is 0. The van der Waals surface area contributed by atoms with Gasteiger partial charge in [0.15, 0.2) is 5.78 Å². The number of carbonyl (C=O) groups excluding carboxylic acids is 2. The predicted octanol–water partition coefficient (Wildman–Crippen LogP) is 5.04. The van der Waals surface area contributed by atoms with Crippen molar-refractivity contribution in [1.82, 2.24) is 0 Å². The number of fused-ring (bicyclic) bond motifs is 3. The Morgan fingerprint density at radius 3 is 2.44 bits per heavy atom. The summed E-state index contributed by atoms with van der Waals surface area (Å²) in [5.74, 6) is -0.268. The zero-order valence-corrected chi connectivity index (χ0v) is 13.6. The molecule has 1 heterocycles. The van der Waals surface area contributed by atoms with Crippen molar-refractivity contribution < 1.29 is 14.0 Å². The Balaban J connectivity index is 1.69. The van der Waals surface area contributed by atoms with E-state index in [9.17, 15) is 9.59 Å². The van der Waals surface area contributed by atoms with E-state index in [1.807, 2.05) is 30.3 Å². The molecule has 0 bridgehead atoms. The highest BCUT2D eigenvalue weighted by Gasteiger charge is 2.12. The molecule has 122 valence electrons. The van der Waals surface area contributed by atoms with E-state index in [0.29, 0.717) is 16.8 Å². The second-order valence-corrected chi connectivity index (χ2v) is 5.90. The molecule has 3 aromatic carbocycles. The number of hydrogen-bond acceptors (Lipinski definition) is 3. The van der Waals surface area contributed by atoms with Crippen LogP contribution in [-0.4, -0.2) is 11.7 Å². The van der Waals surface area contributed by atoms with Crippen LogP contribution in [0.1, 0.15) is 27.6 Å². The minimum Gasteiger partial charge on any atom is -0.456 e. The summed E-state index contributed by atoms with van der Waals surface area (Å²) < 4.78 is 5.78. The first-order chi connectivity index (χ1) is 12.1. The summed E-state index contributed by atoms with van der Waals surface area (Å²) in [4.78, 5) is 24.0. The zero-order chi connectivity index (χ0) is 17.4. The molecule has 0 aliphatic rings. The summed E-state index contributed by atoms with van der Waals surface area (Å²) in [7, 11) is 0. The number of furan rings is 1. The van der Waals surface area contributed by atoms with Gasteiger partial charge >= 0.3 is 0 Å². The maximum Gasteiger partial charge on any atom is 0.255 e. The Morgan fingerprint density at radius 1 is 0.800 bits per heavy atom. The molecule has 4 heteroatoms. The standard InChI is InChI=1S/C21H15NO3/c1-13(23)14-5-4-6-16(11-14)22-21(24)15-9-10-20-18(12-15)17-7-2-3-8-19(17)25-20/h2-12H,1H3,(H,22,24). The Labute approximate surface area is 144 Å². The van der Waals surface area contributed by atoms with Crippen molar-refractivity contribution in [3.63, 3.8) is 0 Å². The number of para-hydroxylation sites is 1. The molecular formula is C21H15NO3. The molecule has 1 amide bonds. The second kappa shape index (κ2) is 5.91. The number of ketones is 1. The van der Waals surface area contributed by atoms with Gasteiger partial charge in [0, 0.05) is 27.6 Å². The second-order valence-electron chi connectivity index (χ2n) is 5.90. The number of Topliss-reactive ketones (excluding diaryl/α,β-unsaturated/α-hetero) is 1. The number of benzene rings is 3. The largest absolute Gasteiger partial charge is 0.456 e. The molecule has 0 saturated carbocycles. The summed E-state index contributed by atoms with van der Waals surface area (Å²) in [5, 5.41) is 4.72. The Bertz CT molecular complexity index is 1120. The van der Waals surface area contributed by atoms with Crippen LogP contribution >= 0.6 is 0 Å². The normalized spacial score (nSPS) is 10.9. The number of anilines is 1. The van der Waals surface area contributed by atoms with Gasteiger partial charge < -0.3 is 9.73 Å². The third kappa shape index (κ3) is 2.78. The first kappa shape index (κ1) is 15.1. The van der Waals surface area contributed by atoms with E-state index in [1.165, 1.54) is 6.92 Å². The highest BCUT2D eigenvalue weighted by Crippen LogP contribution is 2.29. The van der Waals surface area contributed by atoms with Crippen LogP contribution in [0, 0.1) is 0 Å². The van der Waals surface area contributed by atoms with Crippen molar-refractivity contribution >= 4 is 39.3 Å². The molecule has 0 aliphatic carbocycles. The Hall–Kier alpha value is -3.40. The van der Waals surface area contributed by atoms with Crippen molar-refractivity contribution in [2.24, 2.45) is 0 Å². The summed E-state index contributed by atoms with van der Waals surface area (Å²) in [6, 6.07) is 20.0. The van der Waals surface area contributed by atoms with Gasteiger partial charge in [0.25, 0.3) is 5.91 Å². The molecule has 0 fully saturated rings. The lowest BCUT2D eigenvalue weighted by Gasteiger charge is -2.06. The van der Waals surface area contributed by atoms with E-state index in [0.717, 1.165) is 21.9 Å². The molecule has 4 nitrogen and oxygen atoms in total. The Kier molecular flexibility index (Phi) is 3.58. The van der Waals surface area contributed by atoms with E-state index >= 15 is 0 Å². The molecule has 0 saturated heterocycles. The minimum atomic E-state index is -0.229. The molecule has 0 aliphatic heterocycles. The van der Waals surface area contributed by atoms with Crippen molar-refractivity contribution in [3.8, 4) is 0 Å². The number of hydrogen-bond donors (Lipinski definition) is 1. The SMILES string of the molecule is CC(=O)c1cccc(NC(=O)c2ccc3oc4ccccc4c3c2)c1. The topological polar surface area (TPSA) is 59.3 Å². The van der Waals surface area contributed by atoms with Gasteiger partial charge in [0.05, 0.1) is 0 Å². The van der Waals surface area contributed by atoms with Gasteiger partial charge in [-0.2, -0.15) is 0 Å². The molecule has 0 atom stereocenters. The predicted molar refractivity (Wildman–Crippen MR) is 98.1 cm³/mol. The van der Waals surface area contributed by atoms with E-state index in [2.05, 4.69) is 5.32 Å². The van der Waals surface area contributed by atoms with Gasteiger partial charge in [0.1, 0.15) is 11.2 Å². The fourth-order valence-electron chi connectivity index (χ4n) is 2.89. The van der Waals surface area contributed by atoms with Crippen LogP contribution in [-0.2, 0) is 0 Å². The highest BCUT2D eigenvalue weighted by molar-refractivity contribution is 6.11. The van der Waals surface area contributed by atoms with Crippen molar-refractivity contribution in [2.45, 2.75) is 6.92 Å². The maximum atomic E-state index is 12.6. The highest BCUT2D eigenvalue weighted by atomic mass is 16.3. The third-order valence-electron chi connectivity index (χ3n) is 4.17. The zero-order valence-electron chi connectivity index (χ0n) is 13.6. The molecule has 4 rings (SSSR count). The first-order valence-electron chi connectivity index (χ1n) is 7.95. The molecule has 0 spiro atoms. The first-order valence-corrected chi connectivity index (χ1v) is 7.95. The fraction of sp³-hybridized carbons (Fsp3) is 0.0476. The van der Waals surface area contributed by atoms with Crippen LogP contribution in [0.3, 0.4) is 0 Å². The van der Waals surface area contributed by atoms with Crippen LogP contribution < -0.4 is 5.32 Å². The maximum absolute atomic E-state index is 12.6. The quantitative estimate of drug-likeness (QED) is 0.536. The molecule has 4 aromatic rings. The number of carbonyl (C=O) groups is 2. The van der Waals surface area contributed by atoms with Crippen LogP contribution in [0.5, 0.6) is 0 Å². The van der Waals surface area contributed by atoms with Crippen LogP contribution in [0.15, 0.2) is 71.1 Å². The minimum absolute atomic E-state index is 0.0395. The summed E-state index contributed by atoms with van der Waals surface area (Å²) in [5.41, 5.74) is 3.23. The lowest BCUT2D eigenvalue weighted by atomic mass is 10.1. The Morgan fingerprint density at radius 2 is 1.60 bits per heavy atom. The average molecular weight is 329 g/mol. The number of amides is 1. The smallest absolute Gasteiger partial charge is 0.255 e. The van der Waals surface area contributed by atoms with Gasteiger partial charge in [0.2, 0.25) is 0 Å². The number of rotatable bonds is 3. The lowest BCUT2D eigenvalue weighted by molar-refractivity contribution is 0.101. The van der Waals surface area contributed by atoms with E-state index in [4.69, 9.17) is 4.42 Å². The van der Waals surface area contributed by atoms with Gasteiger partial charge in [-0.25, -0.2) is 0 Å². The molecule has 25 heavy (non-hydrogen) atoms. The molecular weight excluding hydrogens is 314 g/mol. The molecule has 0 unspecified atom stereocenters. The van der Waals surface area contributed by atoms with E-state index < -0.39 is 0 Å². The van der Waals surface area contributed by atoms with Crippen LogP contribution in [0.25, 0.3) is 21.9 Å². The molecule has 1 N–H and O–H groups in total. The van der Waals surface area contributed by atoms with Crippen LogP contribution in [0.4, 0.5) is 5.69 Å². The van der Waals surface area contributed by atoms with Crippen molar-refractivity contribution in [2.75, 3.05) is 5.32 Å². The lowest BCUT2D eigenvalue weighted by Crippen LogP contribution is -2.12. The average Bonchev–Trinajstić information content (AvgIpc) is 2.99. The van der Waals surface area contributed by atoms with Gasteiger partial charge in [-0.15, -0.1) is 0 Å². The molecule has 0 radical (unpaired) electrons. The van der Waals surface area contributed by atoms with E-state index in [-0.39, 0.29) is 11.7 Å². The third-order valence-corrected chi connectivity index (χ3v) is 4.17. The van der Waals surface area contributed by atoms with Crippen molar-refractivity contribution in [3.05, 3.63) is 77.9 Å². The van der Waals surface area contributed by atoms with Gasteiger partial charge in [-0.05, 0) is 43.3 Å². The van der Waals surface area contributed by atoms with E-state index in [1.54, 1.807) is 36.4 Å². The monoisotopic (exact) mass is 329 g/mol. The van der Waals surface area contributed by atoms with Gasteiger partial charge in [-0.3, -0.25) is 9.59 Å². The summed E-state index contributed by atoms with van der Waals surface area (Å²) >= 11 is 0. The van der Waals surface area contributed by atoms with Crippen LogP contribution in [0.2, 0.25) is 0 Å². The fourth-order valence-corrected chi connectivity index (χ4v) is 2.89. The van der Waals surface area contributed by atoms with Gasteiger partial charge in [-0.1, -0.05) is 30.3 Å². The molecule has 1 aromatic heterocycles.